The number of rotatable bonds is 3. The monoisotopic (exact) mass is 322 g/mol. The molecule has 1 unspecified atom stereocenters. The van der Waals surface area contributed by atoms with Crippen LogP contribution in [-0.2, 0) is 6.54 Å². The van der Waals surface area contributed by atoms with Crippen LogP contribution in [0.3, 0.4) is 0 Å². The third kappa shape index (κ3) is 4.34. The summed E-state index contributed by atoms with van der Waals surface area (Å²) in [5.41, 5.74) is 0.996. The number of amides is 2. The molecule has 0 bridgehead atoms. The van der Waals surface area contributed by atoms with Gasteiger partial charge in [0.05, 0.1) is 0 Å². The lowest BCUT2D eigenvalue weighted by Crippen LogP contribution is -2.48. The first-order valence-electron chi connectivity index (χ1n) is 6.66. The van der Waals surface area contributed by atoms with Crippen molar-refractivity contribution in [3.05, 3.63) is 22.4 Å². The Morgan fingerprint density at radius 3 is 2.67 bits per heavy atom. The maximum absolute atomic E-state index is 12.4. The summed E-state index contributed by atoms with van der Waals surface area (Å²) in [6.07, 6.45) is -6.57. The fraction of sp³-hybridized carbons (Fsp3) is 0.615. The van der Waals surface area contributed by atoms with Gasteiger partial charge in [-0.25, -0.2) is 4.79 Å². The van der Waals surface area contributed by atoms with Crippen LogP contribution in [0.5, 0.6) is 0 Å². The van der Waals surface area contributed by atoms with Crippen molar-refractivity contribution in [1.29, 1.82) is 0 Å². The van der Waals surface area contributed by atoms with Crippen LogP contribution < -0.4 is 5.32 Å². The maximum atomic E-state index is 12.4. The molecule has 4 nitrogen and oxygen atoms in total. The highest BCUT2D eigenvalue weighted by Gasteiger charge is 2.44. The summed E-state index contributed by atoms with van der Waals surface area (Å²) in [4.78, 5) is 13.4. The summed E-state index contributed by atoms with van der Waals surface area (Å²) < 4.78 is 37.3. The zero-order chi connectivity index (χ0) is 15.5. The van der Waals surface area contributed by atoms with E-state index in [-0.39, 0.29) is 32.0 Å². The number of halogens is 3. The molecule has 118 valence electrons. The second kappa shape index (κ2) is 6.65. The quantitative estimate of drug-likeness (QED) is 0.899. The lowest BCUT2D eigenvalue weighted by atomic mass is 9.91. The molecule has 0 aliphatic carbocycles. The minimum Gasteiger partial charge on any atom is -0.383 e. The number of aliphatic hydroxyl groups excluding tert-OH is 1. The van der Waals surface area contributed by atoms with Crippen molar-refractivity contribution in [2.24, 2.45) is 5.92 Å². The number of thiophene rings is 1. The lowest BCUT2D eigenvalue weighted by Gasteiger charge is -2.34. The first-order chi connectivity index (χ1) is 9.88. The molecule has 2 heterocycles. The van der Waals surface area contributed by atoms with E-state index in [1.165, 1.54) is 16.2 Å². The highest BCUT2D eigenvalue weighted by molar-refractivity contribution is 7.07. The van der Waals surface area contributed by atoms with Crippen LogP contribution in [0.2, 0.25) is 0 Å². The van der Waals surface area contributed by atoms with Gasteiger partial charge in [-0.05, 0) is 41.1 Å². The number of hydrogen-bond acceptors (Lipinski definition) is 3. The van der Waals surface area contributed by atoms with Gasteiger partial charge in [0.1, 0.15) is 0 Å². The highest BCUT2D eigenvalue weighted by atomic mass is 32.1. The van der Waals surface area contributed by atoms with Crippen LogP contribution >= 0.6 is 11.3 Å². The van der Waals surface area contributed by atoms with Gasteiger partial charge in [-0.1, -0.05) is 0 Å². The fourth-order valence-corrected chi connectivity index (χ4v) is 3.04. The van der Waals surface area contributed by atoms with Gasteiger partial charge in [0.15, 0.2) is 6.10 Å². The van der Waals surface area contributed by atoms with Crippen molar-refractivity contribution < 1.29 is 23.1 Å². The van der Waals surface area contributed by atoms with Gasteiger partial charge < -0.3 is 15.3 Å². The van der Waals surface area contributed by atoms with E-state index in [9.17, 15) is 23.1 Å². The van der Waals surface area contributed by atoms with Crippen molar-refractivity contribution in [3.8, 4) is 0 Å². The SMILES string of the molecule is O=C(NCc1ccsc1)N1CCC(C(O)C(F)(F)F)CC1. The van der Waals surface area contributed by atoms with Crippen molar-refractivity contribution in [2.75, 3.05) is 13.1 Å². The highest BCUT2D eigenvalue weighted by Crippen LogP contribution is 2.31. The van der Waals surface area contributed by atoms with E-state index in [0.29, 0.717) is 6.54 Å². The fourth-order valence-electron chi connectivity index (χ4n) is 2.37. The molecule has 1 aromatic rings. The number of hydrogen-bond donors (Lipinski definition) is 2. The van der Waals surface area contributed by atoms with Crippen LogP contribution in [-0.4, -0.2) is 41.4 Å². The Labute approximate surface area is 124 Å². The van der Waals surface area contributed by atoms with Gasteiger partial charge in [0, 0.05) is 19.6 Å². The van der Waals surface area contributed by atoms with Gasteiger partial charge in [-0.15, -0.1) is 0 Å². The first-order valence-corrected chi connectivity index (χ1v) is 7.61. The zero-order valence-corrected chi connectivity index (χ0v) is 12.1. The molecular weight excluding hydrogens is 305 g/mol. The average Bonchev–Trinajstić information content (AvgIpc) is 2.96. The van der Waals surface area contributed by atoms with Crippen LogP contribution in [0, 0.1) is 5.92 Å². The molecule has 0 saturated carbocycles. The van der Waals surface area contributed by atoms with Crippen LogP contribution in [0.1, 0.15) is 18.4 Å². The molecule has 0 radical (unpaired) electrons. The van der Waals surface area contributed by atoms with Gasteiger partial charge in [0.2, 0.25) is 0 Å². The largest absolute Gasteiger partial charge is 0.414 e. The molecule has 2 N–H and O–H groups in total. The maximum Gasteiger partial charge on any atom is 0.414 e. The van der Waals surface area contributed by atoms with Crippen LogP contribution in [0.4, 0.5) is 18.0 Å². The van der Waals surface area contributed by atoms with Gasteiger partial charge >= 0.3 is 12.2 Å². The molecule has 1 atom stereocenters. The molecular formula is C13H17F3N2O2S. The number of nitrogens with one attached hydrogen (secondary N) is 1. The molecule has 1 aliphatic rings. The topological polar surface area (TPSA) is 52.6 Å². The van der Waals surface area contributed by atoms with Gasteiger partial charge in [-0.2, -0.15) is 24.5 Å². The molecule has 0 aromatic carbocycles. The van der Waals surface area contributed by atoms with E-state index in [0.717, 1.165) is 5.56 Å². The molecule has 2 amide bonds. The van der Waals surface area contributed by atoms with E-state index in [4.69, 9.17) is 0 Å². The summed E-state index contributed by atoms with van der Waals surface area (Å²) in [6.45, 7) is 0.869. The van der Waals surface area contributed by atoms with E-state index in [1.54, 1.807) is 0 Å². The number of carbonyl (C=O) groups is 1. The molecule has 1 aliphatic heterocycles. The minimum atomic E-state index is -4.59. The first kappa shape index (κ1) is 16.1. The number of nitrogens with zero attached hydrogens (tertiary/aromatic N) is 1. The molecule has 1 fully saturated rings. The number of piperidine rings is 1. The smallest absolute Gasteiger partial charge is 0.383 e. The van der Waals surface area contributed by atoms with Crippen molar-refractivity contribution in [3.63, 3.8) is 0 Å². The molecule has 1 aromatic heterocycles. The number of alkyl halides is 3. The Kier molecular flexibility index (Phi) is 5.10. The molecule has 21 heavy (non-hydrogen) atoms. The Balaban J connectivity index is 1.77. The number of aliphatic hydroxyl groups is 1. The molecule has 2 rings (SSSR count). The Morgan fingerprint density at radius 1 is 1.48 bits per heavy atom. The average molecular weight is 322 g/mol. The standard InChI is InChI=1S/C13H17F3N2O2S/c14-13(15,16)11(19)10-1-4-18(5-2-10)12(20)17-7-9-3-6-21-8-9/h3,6,8,10-11,19H,1-2,4-5,7H2,(H,17,20). The number of likely N-dealkylation sites (tertiary alicyclic amines) is 1. The van der Waals surface area contributed by atoms with Gasteiger partial charge in [0.25, 0.3) is 0 Å². The Hall–Kier alpha value is -1.28. The number of carbonyl (C=O) groups excluding carboxylic acids is 1. The van der Waals surface area contributed by atoms with Gasteiger partial charge in [-0.3, -0.25) is 0 Å². The molecule has 1 saturated heterocycles. The summed E-state index contributed by atoms with van der Waals surface area (Å²) in [5, 5.41) is 15.8. The van der Waals surface area contributed by atoms with E-state index < -0.39 is 18.2 Å². The van der Waals surface area contributed by atoms with E-state index in [2.05, 4.69) is 5.32 Å². The molecule has 0 spiro atoms. The van der Waals surface area contributed by atoms with Crippen LogP contribution in [0.15, 0.2) is 16.8 Å². The third-order valence-corrected chi connectivity index (χ3v) is 4.36. The summed E-state index contributed by atoms with van der Waals surface area (Å²) in [5.74, 6) is -0.828. The summed E-state index contributed by atoms with van der Waals surface area (Å²) in [6, 6.07) is 1.62. The number of urea groups is 1. The van der Waals surface area contributed by atoms with Crippen molar-refractivity contribution >= 4 is 17.4 Å². The zero-order valence-electron chi connectivity index (χ0n) is 11.3. The third-order valence-electron chi connectivity index (χ3n) is 3.63. The lowest BCUT2D eigenvalue weighted by molar-refractivity contribution is -0.222. The Bertz CT molecular complexity index is 456. The molecule has 8 heteroatoms. The summed E-state index contributed by atoms with van der Waals surface area (Å²) in [7, 11) is 0. The normalized spacial score (nSPS) is 18.6. The van der Waals surface area contributed by atoms with E-state index in [1.807, 2.05) is 16.8 Å². The second-order valence-corrected chi connectivity index (χ2v) is 5.88. The minimum absolute atomic E-state index is 0.159. The van der Waals surface area contributed by atoms with Crippen molar-refractivity contribution in [2.45, 2.75) is 31.7 Å². The van der Waals surface area contributed by atoms with E-state index >= 15 is 0 Å². The predicted octanol–water partition coefficient (Wildman–Crippen LogP) is 2.59. The Morgan fingerprint density at radius 2 is 2.14 bits per heavy atom. The second-order valence-electron chi connectivity index (χ2n) is 5.10. The van der Waals surface area contributed by atoms with Crippen LogP contribution in [0.25, 0.3) is 0 Å². The summed E-state index contributed by atoms with van der Waals surface area (Å²) >= 11 is 1.53. The van der Waals surface area contributed by atoms with Crippen molar-refractivity contribution in [1.82, 2.24) is 10.2 Å². The predicted molar refractivity (Wildman–Crippen MR) is 72.9 cm³/mol.